The summed E-state index contributed by atoms with van der Waals surface area (Å²) in [5, 5.41) is 0. The molecule has 20 heavy (non-hydrogen) atoms. The van der Waals surface area contributed by atoms with Gasteiger partial charge < -0.3 is 9.47 Å². The normalized spacial score (nSPS) is 10.1. The van der Waals surface area contributed by atoms with Crippen molar-refractivity contribution in [1.29, 1.82) is 0 Å². The minimum atomic E-state index is 0.131. The van der Waals surface area contributed by atoms with Crippen LogP contribution in [0.25, 0.3) is 0 Å². The Labute approximate surface area is 119 Å². The van der Waals surface area contributed by atoms with Crippen LogP contribution in [0.4, 0.5) is 0 Å². The first-order chi connectivity index (χ1) is 9.74. The summed E-state index contributed by atoms with van der Waals surface area (Å²) < 4.78 is 11.3. The monoisotopic (exact) mass is 270 g/mol. The molecular weight excluding hydrogens is 252 g/mol. The van der Waals surface area contributed by atoms with Gasteiger partial charge in [0.15, 0.2) is 17.3 Å². The number of benzene rings is 2. The third-order valence-electron chi connectivity index (χ3n) is 2.87. The van der Waals surface area contributed by atoms with Gasteiger partial charge in [-0.3, -0.25) is 4.79 Å². The fraction of sp³-hybridized carbons (Fsp3) is 0.235. The minimum absolute atomic E-state index is 0.131. The minimum Gasteiger partial charge on any atom is -0.490 e. The molecular formula is C17H18O3. The summed E-state index contributed by atoms with van der Waals surface area (Å²) in [6.45, 7) is 4.37. The summed E-state index contributed by atoms with van der Waals surface area (Å²) in [5.74, 6) is 2.20. The molecule has 0 amide bonds. The molecule has 0 aromatic heterocycles. The van der Waals surface area contributed by atoms with Gasteiger partial charge in [-0.2, -0.15) is 0 Å². The second-order valence-electron chi connectivity index (χ2n) is 4.28. The van der Waals surface area contributed by atoms with Gasteiger partial charge in [0.05, 0.1) is 6.61 Å². The van der Waals surface area contributed by atoms with Crippen molar-refractivity contribution in [3.05, 3.63) is 54.1 Å². The van der Waals surface area contributed by atoms with Crippen LogP contribution in [0.15, 0.2) is 48.5 Å². The van der Waals surface area contributed by atoms with E-state index < -0.39 is 0 Å². The van der Waals surface area contributed by atoms with Gasteiger partial charge in [-0.05, 0) is 43.3 Å². The van der Waals surface area contributed by atoms with Crippen LogP contribution in [0.3, 0.4) is 0 Å². The first kappa shape index (κ1) is 14.1. The summed E-state index contributed by atoms with van der Waals surface area (Å²) in [4.78, 5) is 11.6. The lowest BCUT2D eigenvalue weighted by Crippen LogP contribution is -1.97. The molecule has 104 valence electrons. The van der Waals surface area contributed by atoms with Gasteiger partial charge in [0.2, 0.25) is 0 Å². The van der Waals surface area contributed by atoms with E-state index in [1.807, 2.05) is 38.1 Å². The van der Waals surface area contributed by atoms with Crippen molar-refractivity contribution in [2.24, 2.45) is 0 Å². The smallest absolute Gasteiger partial charge is 0.169 e. The molecule has 3 heteroatoms. The van der Waals surface area contributed by atoms with Crippen molar-refractivity contribution in [1.82, 2.24) is 0 Å². The molecule has 2 rings (SSSR count). The molecule has 0 saturated carbocycles. The summed E-state index contributed by atoms with van der Waals surface area (Å²) >= 11 is 0. The van der Waals surface area contributed by atoms with Gasteiger partial charge in [0.25, 0.3) is 0 Å². The lowest BCUT2D eigenvalue weighted by atomic mass is 10.1. The third-order valence-corrected chi connectivity index (χ3v) is 2.87. The summed E-state index contributed by atoms with van der Waals surface area (Å²) in [5.41, 5.74) is 0.706. The van der Waals surface area contributed by atoms with E-state index >= 15 is 0 Å². The molecule has 2 aromatic rings. The van der Waals surface area contributed by atoms with E-state index in [1.54, 1.807) is 24.3 Å². The van der Waals surface area contributed by atoms with E-state index in [-0.39, 0.29) is 5.78 Å². The van der Waals surface area contributed by atoms with E-state index in [0.717, 1.165) is 0 Å². The molecule has 0 aliphatic heterocycles. The molecule has 0 bridgehead atoms. The number of carbonyl (C=O) groups excluding carboxylic acids is 1. The third kappa shape index (κ3) is 3.38. The second kappa shape index (κ2) is 6.75. The van der Waals surface area contributed by atoms with Gasteiger partial charge in [0, 0.05) is 12.0 Å². The molecule has 0 fully saturated rings. The van der Waals surface area contributed by atoms with E-state index in [4.69, 9.17) is 9.47 Å². The number of rotatable bonds is 6. The Hall–Kier alpha value is -2.29. The quantitative estimate of drug-likeness (QED) is 0.726. The van der Waals surface area contributed by atoms with Crippen molar-refractivity contribution in [2.75, 3.05) is 6.61 Å². The first-order valence-corrected chi connectivity index (χ1v) is 6.77. The maximum atomic E-state index is 11.6. The van der Waals surface area contributed by atoms with Crippen LogP contribution in [0.2, 0.25) is 0 Å². The zero-order valence-electron chi connectivity index (χ0n) is 11.8. The van der Waals surface area contributed by atoms with Crippen LogP contribution in [-0.2, 0) is 0 Å². The van der Waals surface area contributed by atoms with Crippen LogP contribution in [0.5, 0.6) is 17.2 Å². The highest BCUT2D eigenvalue weighted by Crippen LogP contribution is 2.31. The lowest BCUT2D eigenvalue weighted by Gasteiger charge is -2.11. The fourth-order valence-corrected chi connectivity index (χ4v) is 1.85. The number of carbonyl (C=O) groups is 1. The largest absolute Gasteiger partial charge is 0.490 e. The van der Waals surface area contributed by atoms with Crippen molar-refractivity contribution < 1.29 is 14.3 Å². The highest BCUT2D eigenvalue weighted by molar-refractivity contribution is 5.95. The van der Waals surface area contributed by atoms with Crippen molar-refractivity contribution >= 4 is 5.78 Å². The average Bonchev–Trinajstić information content (AvgIpc) is 2.49. The Morgan fingerprint density at radius 2 is 1.60 bits per heavy atom. The average molecular weight is 270 g/mol. The maximum Gasteiger partial charge on any atom is 0.169 e. The number of ether oxygens (including phenoxy) is 2. The number of ketones is 1. The topological polar surface area (TPSA) is 35.5 Å². The first-order valence-electron chi connectivity index (χ1n) is 6.77. The summed E-state index contributed by atoms with van der Waals surface area (Å²) in [6.07, 6.45) is 0.507. The molecule has 0 aliphatic rings. The highest BCUT2D eigenvalue weighted by Gasteiger charge is 2.06. The zero-order valence-corrected chi connectivity index (χ0v) is 11.8. The lowest BCUT2D eigenvalue weighted by molar-refractivity contribution is 0.0988. The molecule has 0 radical (unpaired) electrons. The molecule has 0 heterocycles. The van der Waals surface area contributed by atoms with E-state index in [1.165, 1.54) is 0 Å². The van der Waals surface area contributed by atoms with Crippen molar-refractivity contribution in [3.8, 4) is 17.2 Å². The van der Waals surface area contributed by atoms with Crippen LogP contribution in [-0.4, -0.2) is 12.4 Å². The predicted molar refractivity (Wildman–Crippen MR) is 78.7 cm³/mol. The Morgan fingerprint density at radius 3 is 2.20 bits per heavy atom. The standard InChI is InChI=1S/C17H18O3/c1-3-15(18)13-9-11-14(12-10-13)20-17-8-6-5-7-16(17)19-4-2/h5-12H,3-4H2,1-2H3. The summed E-state index contributed by atoms with van der Waals surface area (Å²) in [6, 6.07) is 14.7. The van der Waals surface area contributed by atoms with Crippen LogP contribution < -0.4 is 9.47 Å². The van der Waals surface area contributed by atoms with Gasteiger partial charge in [-0.15, -0.1) is 0 Å². The van der Waals surface area contributed by atoms with Gasteiger partial charge in [0.1, 0.15) is 5.75 Å². The molecule has 0 N–H and O–H groups in total. The summed E-state index contributed by atoms with van der Waals surface area (Å²) in [7, 11) is 0. The Bertz CT molecular complexity index is 573. The fourth-order valence-electron chi connectivity index (χ4n) is 1.85. The molecule has 0 spiro atoms. The van der Waals surface area contributed by atoms with Crippen molar-refractivity contribution in [2.45, 2.75) is 20.3 Å². The number of para-hydroxylation sites is 2. The van der Waals surface area contributed by atoms with E-state index in [0.29, 0.717) is 35.8 Å². The molecule has 0 aliphatic carbocycles. The maximum absolute atomic E-state index is 11.6. The molecule has 3 nitrogen and oxygen atoms in total. The Balaban J connectivity index is 2.16. The second-order valence-corrected chi connectivity index (χ2v) is 4.28. The van der Waals surface area contributed by atoms with Crippen LogP contribution in [0, 0.1) is 0 Å². The van der Waals surface area contributed by atoms with Crippen LogP contribution in [0.1, 0.15) is 30.6 Å². The Kier molecular flexibility index (Phi) is 4.77. The number of Topliss-reactive ketones (excluding diaryl/α,β-unsaturated/α-hetero) is 1. The highest BCUT2D eigenvalue weighted by atomic mass is 16.5. The van der Waals surface area contributed by atoms with E-state index in [9.17, 15) is 4.79 Å². The van der Waals surface area contributed by atoms with Gasteiger partial charge in [-0.1, -0.05) is 19.1 Å². The number of hydrogen-bond donors (Lipinski definition) is 0. The Morgan fingerprint density at radius 1 is 0.950 bits per heavy atom. The van der Waals surface area contributed by atoms with E-state index in [2.05, 4.69) is 0 Å². The van der Waals surface area contributed by atoms with Crippen molar-refractivity contribution in [3.63, 3.8) is 0 Å². The van der Waals surface area contributed by atoms with Gasteiger partial charge in [-0.25, -0.2) is 0 Å². The molecule has 2 aromatic carbocycles. The van der Waals surface area contributed by atoms with Crippen LogP contribution >= 0.6 is 0 Å². The predicted octanol–water partition coefficient (Wildman–Crippen LogP) is 4.47. The molecule has 0 unspecified atom stereocenters. The zero-order chi connectivity index (χ0) is 14.4. The molecule has 0 atom stereocenters. The molecule has 0 saturated heterocycles. The SMILES string of the molecule is CCOc1ccccc1Oc1ccc(C(=O)CC)cc1. The van der Waals surface area contributed by atoms with Gasteiger partial charge >= 0.3 is 0 Å². The number of hydrogen-bond acceptors (Lipinski definition) is 3.